The van der Waals surface area contributed by atoms with Crippen molar-refractivity contribution >= 4 is 24.8 Å². The van der Waals surface area contributed by atoms with Crippen molar-refractivity contribution in [2.45, 2.75) is 44.4 Å². The van der Waals surface area contributed by atoms with Gasteiger partial charge in [0.05, 0.1) is 18.2 Å². The van der Waals surface area contributed by atoms with E-state index in [1.807, 2.05) is 12.4 Å². The molecule has 0 amide bonds. The molecule has 29 heavy (non-hydrogen) atoms. The molecule has 0 bridgehead atoms. The number of piperidine rings is 1. The van der Waals surface area contributed by atoms with Crippen molar-refractivity contribution in [3.63, 3.8) is 0 Å². The van der Waals surface area contributed by atoms with Gasteiger partial charge in [0.2, 0.25) is 0 Å². The Hall–Kier alpha value is -1.11. The number of halogens is 2. The molecule has 162 valence electrons. The Kier molecular flexibility index (Phi) is 8.98. The maximum atomic E-state index is 6.51. The lowest BCUT2D eigenvalue weighted by atomic mass is 9.88. The minimum absolute atomic E-state index is 0. The first-order valence-corrected chi connectivity index (χ1v) is 10.2. The number of aromatic nitrogens is 2. The van der Waals surface area contributed by atoms with E-state index in [1.54, 1.807) is 0 Å². The third kappa shape index (κ3) is 6.19. The number of hydrogen-bond acceptors (Lipinski definition) is 4. The van der Waals surface area contributed by atoms with E-state index in [9.17, 15) is 0 Å². The van der Waals surface area contributed by atoms with Crippen LogP contribution >= 0.6 is 24.8 Å². The van der Waals surface area contributed by atoms with Crippen molar-refractivity contribution in [2.24, 2.45) is 7.05 Å². The molecule has 3 heterocycles. The van der Waals surface area contributed by atoms with Crippen molar-refractivity contribution in [3.8, 4) is 0 Å². The number of likely N-dealkylation sites (tertiary alicyclic amines) is 1. The molecule has 1 aromatic carbocycles. The van der Waals surface area contributed by atoms with Gasteiger partial charge >= 0.3 is 0 Å². The summed E-state index contributed by atoms with van der Waals surface area (Å²) in [6.07, 6.45) is 7.60. The van der Waals surface area contributed by atoms with Gasteiger partial charge in [0.1, 0.15) is 5.82 Å². The number of imidazole rings is 1. The van der Waals surface area contributed by atoms with Crippen molar-refractivity contribution in [3.05, 3.63) is 54.1 Å². The van der Waals surface area contributed by atoms with Crippen LogP contribution in [0.1, 0.15) is 31.2 Å². The van der Waals surface area contributed by atoms with E-state index in [0.717, 1.165) is 64.4 Å². The second-order valence-electron chi connectivity index (χ2n) is 8.31. The topological polar surface area (TPSA) is 33.5 Å². The van der Waals surface area contributed by atoms with Crippen LogP contribution in [0.4, 0.5) is 0 Å². The maximum Gasteiger partial charge on any atom is 0.122 e. The maximum absolute atomic E-state index is 6.51. The Labute approximate surface area is 187 Å². The smallest absolute Gasteiger partial charge is 0.122 e. The number of rotatable bonds is 5. The molecule has 1 unspecified atom stereocenters. The third-order valence-corrected chi connectivity index (χ3v) is 6.09. The highest BCUT2D eigenvalue weighted by Crippen LogP contribution is 2.33. The number of aryl methyl sites for hydroxylation is 1. The Morgan fingerprint density at radius 2 is 1.83 bits per heavy atom. The molecule has 0 N–H and O–H groups in total. The molecule has 2 fully saturated rings. The van der Waals surface area contributed by atoms with Gasteiger partial charge in [-0.2, -0.15) is 0 Å². The molecular formula is C22H34Cl2N4O. The summed E-state index contributed by atoms with van der Waals surface area (Å²) >= 11 is 0. The first-order chi connectivity index (χ1) is 13.1. The van der Waals surface area contributed by atoms with E-state index >= 15 is 0 Å². The van der Waals surface area contributed by atoms with Crippen LogP contribution in [0.2, 0.25) is 0 Å². The molecule has 7 heteroatoms. The van der Waals surface area contributed by atoms with Gasteiger partial charge in [-0.05, 0) is 31.7 Å². The second kappa shape index (κ2) is 10.8. The lowest BCUT2D eigenvalue weighted by Gasteiger charge is -2.49. The zero-order chi connectivity index (χ0) is 18.7. The fraction of sp³-hybridized carbons (Fsp3) is 0.591. The van der Waals surface area contributed by atoms with Gasteiger partial charge < -0.3 is 14.2 Å². The summed E-state index contributed by atoms with van der Waals surface area (Å²) in [7, 11) is 2.08. The zero-order valence-corrected chi connectivity index (χ0v) is 19.1. The van der Waals surface area contributed by atoms with E-state index < -0.39 is 0 Å². The van der Waals surface area contributed by atoms with Crippen molar-refractivity contribution in [2.75, 3.05) is 32.7 Å². The molecule has 0 radical (unpaired) electrons. The number of hydrogen-bond donors (Lipinski definition) is 0. The zero-order valence-electron chi connectivity index (χ0n) is 17.5. The standard InChI is InChI=1S/C22H32N4O.2ClH/c1-19-16-26(17-21-23-11-15-24(21)2)18-22(27-19)9-13-25(14-10-22)12-8-20-6-4-3-5-7-20;;/h3-7,11,15,19H,8-10,12-14,16-18H2,1-2H3;2*1H. The van der Waals surface area contributed by atoms with Gasteiger partial charge in [0.15, 0.2) is 0 Å². The van der Waals surface area contributed by atoms with Crippen LogP contribution in [0.15, 0.2) is 42.7 Å². The minimum Gasteiger partial charge on any atom is -0.369 e. The van der Waals surface area contributed by atoms with Gasteiger partial charge in [0.25, 0.3) is 0 Å². The van der Waals surface area contributed by atoms with E-state index in [4.69, 9.17) is 4.74 Å². The summed E-state index contributed by atoms with van der Waals surface area (Å²) in [4.78, 5) is 9.64. The van der Waals surface area contributed by atoms with Gasteiger partial charge in [0, 0.05) is 52.2 Å². The molecule has 1 spiro atoms. The Balaban J connectivity index is 0.00000150. The SMILES string of the molecule is CC1CN(Cc2nccn2C)CC2(CCN(CCc3ccccc3)CC2)O1.Cl.Cl. The fourth-order valence-corrected chi connectivity index (χ4v) is 4.60. The first kappa shape index (κ1) is 24.2. The molecule has 5 nitrogen and oxygen atoms in total. The fourth-order valence-electron chi connectivity index (χ4n) is 4.60. The molecule has 2 aliphatic heterocycles. The quantitative estimate of drug-likeness (QED) is 0.711. The highest BCUT2D eigenvalue weighted by Gasteiger charge is 2.41. The highest BCUT2D eigenvalue weighted by molar-refractivity contribution is 5.85. The van der Waals surface area contributed by atoms with Crippen LogP contribution < -0.4 is 0 Å². The summed E-state index contributed by atoms with van der Waals surface area (Å²) in [5.41, 5.74) is 1.45. The van der Waals surface area contributed by atoms with E-state index in [2.05, 4.69) is 63.7 Å². The van der Waals surface area contributed by atoms with E-state index in [-0.39, 0.29) is 36.5 Å². The predicted molar refractivity (Wildman–Crippen MR) is 122 cm³/mol. The molecule has 2 saturated heterocycles. The van der Waals surface area contributed by atoms with Gasteiger partial charge in [-0.1, -0.05) is 30.3 Å². The van der Waals surface area contributed by atoms with Gasteiger partial charge in [-0.3, -0.25) is 4.90 Å². The summed E-state index contributed by atoms with van der Waals surface area (Å²) in [5.74, 6) is 1.14. The van der Waals surface area contributed by atoms with Crippen LogP contribution in [0.5, 0.6) is 0 Å². The van der Waals surface area contributed by atoms with Crippen LogP contribution in [-0.4, -0.2) is 63.8 Å². The molecule has 0 aliphatic carbocycles. The molecule has 2 aromatic rings. The minimum atomic E-state index is 0. The monoisotopic (exact) mass is 440 g/mol. The van der Waals surface area contributed by atoms with E-state index in [0.29, 0.717) is 0 Å². The average molecular weight is 441 g/mol. The number of ether oxygens (including phenoxy) is 1. The summed E-state index contributed by atoms with van der Waals surface area (Å²) in [6.45, 7) is 8.56. The van der Waals surface area contributed by atoms with E-state index in [1.165, 1.54) is 5.56 Å². The van der Waals surface area contributed by atoms with Crippen LogP contribution in [0.25, 0.3) is 0 Å². The summed E-state index contributed by atoms with van der Waals surface area (Å²) in [6, 6.07) is 10.8. The largest absolute Gasteiger partial charge is 0.369 e. The second-order valence-corrected chi connectivity index (χ2v) is 8.31. The van der Waals surface area contributed by atoms with Crippen molar-refractivity contribution < 1.29 is 4.74 Å². The van der Waals surface area contributed by atoms with Crippen LogP contribution in [-0.2, 0) is 24.8 Å². The van der Waals surface area contributed by atoms with Crippen molar-refractivity contribution in [1.29, 1.82) is 0 Å². The molecular weight excluding hydrogens is 407 g/mol. The molecule has 1 aromatic heterocycles. The molecule has 4 rings (SSSR count). The summed E-state index contributed by atoms with van der Waals surface area (Å²) < 4.78 is 8.63. The Bertz CT molecular complexity index is 731. The lowest BCUT2D eigenvalue weighted by molar-refractivity contribution is -0.171. The first-order valence-electron chi connectivity index (χ1n) is 10.2. The third-order valence-electron chi connectivity index (χ3n) is 6.09. The lowest BCUT2D eigenvalue weighted by Crippen LogP contribution is -2.59. The van der Waals surface area contributed by atoms with Gasteiger partial charge in [-0.25, -0.2) is 4.98 Å². The number of morpholine rings is 1. The predicted octanol–water partition coefficient (Wildman–Crippen LogP) is 3.56. The van der Waals surface area contributed by atoms with Crippen LogP contribution in [0.3, 0.4) is 0 Å². The Morgan fingerprint density at radius 1 is 1.10 bits per heavy atom. The molecule has 0 saturated carbocycles. The molecule has 1 atom stereocenters. The molecule has 2 aliphatic rings. The normalized spacial score (nSPS) is 22.1. The Morgan fingerprint density at radius 3 is 2.48 bits per heavy atom. The average Bonchev–Trinajstić information content (AvgIpc) is 3.06. The van der Waals surface area contributed by atoms with Crippen LogP contribution in [0, 0.1) is 0 Å². The number of nitrogens with zero attached hydrogens (tertiary/aromatic N) is 4. The highest BCUT2D eigenvalue weighted by atomic mass is 35.5. The van der Waals surface area contributed by atoms with Crippen molar-refractivity contribution in [1.82, 2.24) is 19.4 Å². The number of benzene rings is 1. The summed E-state index contributed by atoms with van der Waals surface area (Å²) in [5, 5.41) is 0. The van der Waals surface area contributed by atoms with Gasteiger partial charge in [-0.15, -0.1) is 24.8 Å².